The molecule has 2 aliphatic heterocycles. The molecule has 0 radical (unpaired) electrons. The van der Waals surface area contributed by atoms with Crippen LogP contribution in [0.2, 0.25) is 0 Å². The van der Waals surface area contributed by atoms with Gasteiger partial charge in [-0.25, -0.2) is 23.4 Å². The van der Waals surface area contributed by atoms with Crippen LogP contribution in [-0.2, 0) is 19.1 Å². The Morgan fingerprint density at radius 2 is 1.72 bits per heavy atom. The number of fused-ring (bicyclic) bond motifs is 1. The summed E-state index contributed by atoms with van der Waals surface area (Å²) >= 11 is 0. The molecular weight excluding hydrogens is 837 g/mol. The van der Waals surface area contributed by atoms with Gasteiger partial charge >= 0.3 is 0 Å². The average Bonchev–Trinajstić information content (AvgIpc) is 3.70. The number of anilines is 3. The topological polar surface area (TPSA) is 229 Å². The van der Waals surface area contributed by atoms with Crippen LogP contribution in [0.15, 0.2) is 77.7 Å². The zero-order chi connectivity index (χ0) is 44.7. The molecule has 2 aromatic carbocycles. The molecule has 1 saturated heterocycles. The Morgan fingerprint density at radius 1 is 0.922 bits per heavy atom. The quantitative estimate of drug-likeness (QED) is 0.0409. The molecule has 1 unspecified atom stereocenters. The van der Waals surface area contributed by atoms with Crippen molar-refractivity contribution in [1.29, 1.82) is 0 Å². The van der Waals surface area contributed by atoms with Gasteiger partial charge in [-0.2, -0.15) is 5.10 Å². The van der Waals surface area contributed by atoms with E-state index < -0.39 is 47.7 Å². The monoisotopic (exact) mass is 879 g/mol. The van der Waals surface area contributed by atoms with Crippen molar-refractivity contribution in [2.24, 2.45) is 5.92 Å². The lowest BCUT2D eigenvalue weighted by molar-refractivity contribution is -0.136. The zero-order valence-corrected chi connectivity index (χ0v) is 34.3. The van der Waals surface area contributed by atoms with E-state index in [2.05, 4.69) is 36.3 Å². The number of hydrogen-bond acceptors (Lipinski definition) is 14. The first-order chi connectivity index (χ1) is 31.0. The minimum Gasteiger partial charge on any atom is -0.444 e. The number of halogens is 2. The van der Waals surface area contributed by atoms with Gasteiger partial charge in [-0.1, -0.05) is 6.07 Å². The number of ether oxygens (including phenoxy) is 2. The van der Waals surface area contributed by atoms with E-state index in [0.29, 0.717) is 53.8 Å². The number of carbonyl (C=O) groups excluding carboxylic acids is 6. The van der Waals surface area contributed by atoms with Gasteiger partial charge in [-0.15, -0.1) is 0 Å². The molecule has 0 spiro atoms. The number of aromatic nitrogens is 4. The SMILES string of the molecule is O=C1CCC(N2C(=O)c3cccc(NCCOCCOCCCC(=O)c4ccc(-n5cc(NC(=O)c6coc(-c7ccnc(NCC8CC8)c7)n6)c(C(F)F)n5)cc4)c3C2=O)C(=O)N1. The lowest BCUT2D eigenvalue weighted by Gasteiger charge is -2.27. The normalized spacial score (nSPS) is 16.0. The van der Waals surface area contributed by atoms with Crippen molar-refractivity contribution < 1.29 is 51.4 Å². The summed E-state index contributed by atoms with van der Waals surface area (Å²) in [6.07, 6.45) is 4.11. The molecule has 20 heteroatoms. The number of piperidine rings is 1. The molecule has 3 aliphatic rings. The average molecular weight is 880 g/mol. The summed E-state index contributed by atoms with van der Waals surface area (Å²) in [5, 5.41) is 15.0. The number of Topliss-reactive ketones (excluding diaryl/α,β-unsaturated/α-hetero) is 1. The summed E-state index contributed by atoms with van der Waals surface area (Å²) < 4.78 is 46.0. The van der Waals surface area contributed by atoms with Crippen LogP contribution in [-0.4, -0.2) is 106 Å². The second-order valence-electron chi connectivity index (χ2n) is 15.3. The lowest BCUT2D eigenvalue weighted by Crippen LogP contribution is -2.54. The van der Waals surface area contributed by atoms with Gasteiger partial charge in [0.15, 0.2) is 17.2 Å². The maximum Gasteiger partial charge on any atom is 0.284 e. The van der Waals surface area contributed by atoms with Gasteiger partial charge in [0, 0.05) is 55.5 Å². The van der Waals surface area contributed by atoms with Crippen molar-refractivity contribution >= 4 is 52.5 Å². The maximum absolute atomic E-state index is 14.0. The number of benzene rings is 2. The minimum atomic E-state index is -3.00. The Labute approximate surface area is 364 Å². The fraction of sp³-hybridized carbons (Fsp3) is 0.341. The number of nitrogens with one attached hydrogen (secondary N) is 4. The molecule has 5 aromatic rings. The largest absolute Gasteiger partial charge is 0.444 e. The molecule has 5 amide bonds. The van der Waals surface area contributed by atoms with Crippen LogP contribution < -0.4 is 21.3 Å². The van der Waals surface area contributed by atoms with Gasteiger partial charge in [0.1, 0.15) is 18.1 Å². The number of rotatable bonds is 21. The fourth-order valence-corrected chi connectivity index (χ4v) is 7.23. The van der Waals surface area contributed by atoms with Gasteiger partial charge in [0.05, 0.1) is 48.5 Å². The summed E-state index contributed by atoms with van der Waals surface area (Å²) in [5.41, 5.74) is 1.18. The Morgan fingerprint density at radius 3 is 2.48 bits per heavy atom. The van der Waals surface area contributed by atoms with Crippen LogP contribution in [0.4, 0.5) is 26.0 Å². The van der Waals surface area contributed by atoms with Crippen molar-refractivity contribution in [3.05, 3.63) is 101 Å². The van der Waals surface area contributed by atoms with Crippen molar-refractivity contribution in [2.45, 2.75) is 51.0 Å². The first-order valence-corrected chi connectivity index (χ1v) is 20.8. The predicted molar refractivity (Wildman–Crippen MR) is 224 cm³/mol. The van der Waals surface area contributed by atoms with E-state index in [-0.39, 0.29) is 73.3 Å². The standard InChI is InChI=1S/C44H43F2N9O9/c45-39(46)38-31(50-40(58)32-24-64-42(51-32)27-14-15-48-35(21-27)49-22-25-6-7-25)23-54(53-38)28-10-8-26(9-11-28)34(56)5-2-17-62-19-20-63-18-16-47-30-4-1-3-29-37(30)44(61)55(43(29)60)33-12-13-36(57)52-41(33)59/h1,3-4,8-11,14-15,21,23-25,33,39,47H,2,5-7,12-13,16-20,22H2,(H,48,49)(H,50,58)(H,52,57,59). The molecule has 1 aliphatic carbocycles. The van der Waals surface area contributed by atoms with Gasteiger partial charge < -0.3 is 29.8 Å². The van der Waals surface area contributed by atoms with Crippen molar-refractivity contribution in [3.63, 3.8) is 0 Å². The number of nitrogens with zero attached hydrogens (tertiary/aromatic N) is 5. The lowest BCUT2D eigenvalue weighted by atomic mass is 10.0. The highest BCUT2D eigenvalue weighted by atomic mass is 19.3. The molecule has 4 N–H and O–H groups in total. The first kappa shape index (κ1) is 43.5. The van der Waals surface area contributed by atoms with E-state index in [0.717, 1.165) is 17.7 Å². The van der Waals surface area contributed by atoms with Crippen molar-refractivity contribution in [1.82, 2.24) is 30.0 Å². The van der Waals surface area contributed by atoms with Crippen LogP contribution in [0, 0.1) is 5.92 Å². The summed E-state index contributed by atoms with van der Waals surface area (Å²) in [5.74, 6) is -1.76. The highest BCUT2D eigenvalue weighted by Gasteiger charge is 2.45. The molecule has 1 saturated carbocycles. The number of imide groups is 2. The molecule has 0 bridgehead atoms. The number of ketones is 1. The van der Waals surface area contributed by atoms with E-state index in [4.69, 9.17) is 13.9 Å². The predicted octanol–water partition coefficient (Wildman–Crippen LogP) is 5.44. The maximum atomic E-state index is 14.0. The van der Waals surface area contributed by atoms with Gasteiger partial charge in [-0.3, -0.25) is 39.0 Å². The van der Waals surface area contributed by atoms with Gasteiger partial charge in [-0.05, 0) is 80.1 Å². The fourth-order valence-electron chi connectivity index (χ4n) is 7.23. The summed E-state index contributed by atoms with van der Waals surface area (Å²) in [6.45, 7) is 2.23. The number of oxazole rings is 1. The number of hydrogen-bond donors (Lipinski definition) is 4. The Hall–Kier alpha value is -7.19. The van der Waals surface area contributed by atoms with E-state index in [1.165, 1.54) is 29.8 Å². The molecule has 5 heterocycles. The van der Waals surface area contributed by atoms with Gasteiger partial charge in [0.2, 0.25) is 17.7 Å². The molecule has 1 atom stereocenters. The summed E-state index contributed by atoms with van der Waals surface area (Å²) in [7, 11) is 0. The highest BCUT2D eigenvalue weighted by molar-refractivity contribution is 6.25. The van der Waals surface area contributed by atoms with Gasteiger partial charge in [0.25, 0.3) is 24.1 Å². The summed E-state index contributed by atoms with van der Waals surface area (Å²) in [6, 6.07) is 13.5. The molecule has 332 valence electrons. The summed E-state index contributed by atoms with van der Waals surface area (Å²) in [4.78, 5) is 85.6. The van der Waals surface area contributed by atoms with Crippen molar-refractivity contribution in [2.75, 3.05) is 55.5 Å². The second-order valence-corrected chi connectivity index (χ2v) is 15.3. The minimum absolute atomic E-state index is 0.0318. The number of pyridine rings is 1. The van der Waals surface area contributed by atoms with Crippen LogP contribution in [0.25, 0.3) is 17.1 Å². The molecule has 3 aromatic heterocycles. The number of carbonyl (C=O) groups is 6. The van der Waals surface area contributed by atoms with E-state index in [9.17, 15) is 37.5 Å². The molecule has 2 fully saturated rings. The van der Waals surface area contributed by atoms with E-state index >= 15 is 0 Å². The van der Waals surface area contributed by atoms with Crippen LogP contribution in [0.1, 0.15) is 92.2 Å². The molecular formula is C44H43F2N9O9. The Bertz CT molecular complexity index is 2570. The molecule has 18 nitrogen and oxygen atoms in total. The first-order valence-electron chi connectivity index (χ1n) is 20.8. The molecule has 8 rings (SSSR count). The smallest absolute Gasteiger partial charge is 0.284 e. The third-order valence-electron chi connectivity index (χ3n) is 10.8. The zero-order valence-electron chi connectivity index (χ0n) is 34.3. The van der Waals surface area contributed by atoms with Crippen LogP contribution in [0.5, 0.6) is 0 Å². The Kier molecular flexibility index (Phi) is 13.2. The third kappa shape index (κ3) is 10.0. The number of alkyl halides is 2. The highest BCUT2D eigenvalue weighted by Crippen LogP contribution is 2.33. The molecule has 64 heavy (non-hydrogen) atoms. The van der Waals surface area contributed by atoms with E-state index in [1.807, 2.05) is 0 Å². The second kappa shape index (κ2) is 19.5. The Balaban J connectivity index is 0.743. The van der Waals surface area contributed by atoms with Crippen molar-refractivity contribution in [3.8, 4) is 17.1 Å². The van der Waals surface area contributed by atoms with Crippen LogP contribution in [0.3, 0.4) is 0 Å². The third-order valence-corrected chi connectivity index (χ3v) is 10.8. The van der Waals surface area contributed by atoms with E-state index in [1.54, 1.807) is 54.7 Å². The van der Waals surface area contributed by atoms with Crippen LogP contribution >= 0.6 is 0 Å². The number of amides is 5.